The molecule has 0 aliphatic heterocycles. The molecule has 5 amide bonds. The number of carboxylic acids is 1. The molecule has 1 rings (SSSR count). The molecule has 210 valence electrons. The molecule has 0 aliphatic carbocycles. The molecule has 0 aromatic heterocycles. The highest BCUT2D eigenvalue weighted by atomic mass is 16.4. The van der Waals surface area contributed by atoms with Crippen molar-refractivity contribution >= 4 is 35.5 Å². The smallest absolute Gasteiger partial charge is 0.326 e. The average Bonchev–Trinajstić information content (AvgIpc) is 2.83. The maximum Gasteiger partial charge on any atom is 0.326 e. The van der Waals surface area contributed by atoms with Crippen LogP contribution in [0.15, 0.2) is 24.3 Å². The number of nitrogens with two attached hydrogens (primary N) is 4. The third-order valence-corrected chi connectivity index (χ3v) is 5.37. The Hall–Kier alpha value is -4.24. The lowest BCUT2D eigenvalue weighted by Gasteiger charge is -2.24. The molecule has 0 saturated carbocycles. The van der Waals surface area contributed by atoms with E-state index in [1.54, 1.807) is 12.1 Å². The lowest BCUT2D eigenvalue weighted by molar-refractivity contribution is -0.144. The summed E-state index contributed by atoms with van der Waals surface area (Å²) in [5.74, 6) is -6.01. The molecular formula is C23H35N7O8. The second-order valence-electron chi connectivity index (χ2n) is 8.62. The van der Waals surface area contributed by atoms with Gasteiger partial charge in [-0.05, 0) is 49.9 Å². The van der Waals surface area contributed by atoms with E-state index in [1.807, 2.05) is 0 Å². The number of carbonyl (C=O) groups is 6. The number of primary amides is 2. The number of nitrogens with one attached hydrogen (secondary N) is 3. The van der Waals surface area contributed by atoms with Crippen molar-refractivity contribution in [3.05, 3.63) is 29.8 Å². The molecule has 4 unspecified atom stereocenters. The van der Waals surface area contributed by atoms with E-state index in [1.165, 1.54) is 12.1 Å². The Morgan fingerprint density at radius 3 is 1.79 bits per heavy atom. The molecule has 1 aromatic rings. The highest BCUT2D eigenvalue weighted by Gasteiger charge is 2.31. The van der Waals surface area contributed by atoms with E-state index in [2.05, 4.69) is 16.0 Å². The molecule has 15 nitrogen and oxygen atoms in total. The molecule has 4 atom stereocenters. The Labute approximate surface area is 218 Å². The van der Waals surface area contributed by atoms with Crippen molar-refractivity contribution < 1.29 is 39.0 Å². The maximum atomic E-state index is 13.0. The number of phenols is 1. The van der Waals surface area contributed by atoms with Crippen molar-refractivity contribution in [2.75, 3.05) is 6.54 Å². The summed E-state index contributed by atoms with van der Waals surface area (Å²) in [5.41, 5.74) is 22.3. The van der Waals surface area contributed by atoms with Crippen molar-refractivity contribution in [2.45, 2.75) is 62.7 Å². The van der Waals surface area contributed by atoms with Gasteiger partial charge in [0.05, 0.1) is 18.9 Å². The fourth-order valence-electron chi connectivity index (χ4n) is 3.38. The van der Waals surface area contributed by atoms with Gasteiger partial charge in [-0.25, -0.2) is 4.79 Å². The zero-order valence-electron chi connectivity index (χ0n) is 20.7. The largest absolute Gasteiger partial charge is 0.508 e. The molecule has 0 radical (unpaired) electrons. The first-order valence-electron chi connectivity index (χ1n) is 11.8. The second-order valence-corrected chi connectivity index (χ2v) is 8.62. The highest BCUT2D eigenvalue weighted by molar-refractivity contribution is 5.96. The lowest BCUT2D eigenvalue weighted by Crippen LogP contribution is -2.58. The molecule has 0 bridgehead atoms. The second kappa shape index (κ2) is 15.8. The summed E-state index contributed by atoms with van der Waals surface area (Å²) in [5, 5.41) is 25.5. The van der Waals surface area contributed by atoms with Crippen molar-refractivity contribution in [2.24, 2.45) is 22.9 Å². The Kier molecular flexibility index (Phi) is 13.2. The minimum atomic E-state index is -1.63. The quantitative estimate of drug-likeness (QED) is 0.0891. The molecule has 13 N–H and O–H groups in total. The van der Waals surface area contributed by atoms with Crippen molar-refractivity contribution in [1.82, 2.24) is 16.0 Å². The van der Waals surface area contributed by atoms with Crippen LogP contribution in [-0.2, 0) is 35.2 Å². The van der Waals surface area contributed by atoms with Gasteiger partial charge in [-0.1, -0.05) is 12.1 Å². The van der Waals surface area contributed by atoms with Gasteiger partial charge in [-0.2, -0.15) is 0 Å². The maximum absolute atomic E-state index is 13.0. The van der Waals surface area contributed by atoms with Gasteiger partial charge in [0, 0.05) is 0 Å². The summed E-state index contributed by atoms with van der Waals surface area (Å²) in [7, 11) is 0. The molecule has 0 fully saturated rings. The van der Waals surface area contributed by atoms with Crippen LogP contribution in [-0.4, -0.2) is 76.4 Å². The number of aliphatic carboxylic acids is 1. The SMILES string of the molecule is NCCCCC(NC(=O)C(CC(N)=O)NC(=O)C(N)Cc1ccc(O)cc1)C(=O)NC(CC(N)=O)C(=O)O. The van der Waals surface area contributed by atoms with Gasteiger partial charge in [0.1, 0.15) is 23.9 Å². The summed E-state index contributed by atoms with van der Waals surface area (Å²) in [4.78, 5) is 72.5. The average molecular weight is 538 g/mol. The van der Waals surface area contributed by atoms with Crippen LogP contribution in [0.1, 0.15) is 37.7 Å². The molecular weight excluding hydrogens is 502 g/mol. The normalized spacial score (nSPS) is 13.8. The molecule has 38 heavy (non-hydrogen) atoms. The number of hydrogen-bond acceptors (Lipinski definition) is 9. The van der Waals surface area contributed by atoms with Crippen molar-refractivity contribution in [1.29, 1.82) is 0 Å². The predicted molar refractivity (Wildman–Crippen MR) is 134 cm³/mol. The topological polar surface area (TPSA) is 283 Å². The number of amides is 5. The summed E-state index contributed by atoms with van der Waals surface area (Å²) < 4.78 is 0. The number of benzene rings is 1. The minimum Gasteiger partial charge on any atom is -0.508 e. The fraction of sp³-hybridized carbons (Fsp3) is 0.478. The number of aromatic hydroxyl groups is 1. The van der Waals surface area contributed by atoms with Crippen molar-refractivity contribution in [3.8, 4) is 5.75 Å². The lowest BCUT2D eigenvalue weighted by atomic mass is 10.0. The molecule has 0 spiro atoms. The van der Waals surface area contributed by atoms with E-state index in [4.69, 9.17) is 22.9 Å². The van der Waals surface area contributed by atoms with Crippen molar-refractivity contribution in [3.63, 3.8) is 0 Å². The first-order valence-corrected chi connectivity index (χ1v) is 11.8. The minimum absolute atomic E-state index is 0.0272. The van der Waals surface area contributed by atoms with Gasteiger partial charge in [-0.3, -0.25) is 24.0 Å². The van der Waals surface area contributed by atoms with Gasteiger partial charge in [-0.15, -0.1) is 0 Å². The highest BCUT2D eigenvalue weighted by Crippen LogP contribution is 2.11. The van der Waals surface area contributed by atoms with E-state index in [-0.39, 0.29) is 18.6 Å². The van der Waals surface area contributed by atoms with E-state index >= 15 is 0 Å². The van der Waals surface area contributed by atoms with Gasteiger partial charge in [0.2, 0.25) is 29.5 Å². The molecule has 1 aromatic carbocycles. The van der Waals surface area contributed by atoms with Gasteiger partial charge < -0.3 is 49.1 Å². The van der Waals surface area contributed by atoms with Gasteiger partial charge >= 0.3 is 5.97 Å². The van der Waals surface area contributed by atoms with Crippen LogP contribution in [0, 0.1) is 0 Å². The third-order valence-electron chi connectivity index (χ3n) is 5.37. The molecule has 15 heteroatoms. The zero-order chi connectivity index (χ0) is 28.8. The zero-order valence-corrected chi connectivity index (χ0v) is 20.7. The molecule has 0 aliphatic rings. The monoisotopic (exact) mass is 537 g/mol. The third kappa shape index (κ3) is 11.7. The van der Waals surface area contributed by atoms with Crippen LogP contribution in [0.3, 0.4) is 0 Å². The number of phenolic OH excluding ortho intramolecular Hbond substituents is 1. The van der Waals surface area contributed by atoms with E-state index < -0.39 is 72.5 Å². The van der Waals surface area contributed by atoms with Gasteiger partial charge in [0.15, 0.2) is 0 Å². The Balaban J connectivity index is 2.99. The van der Waals surface area contributed by atoms with Crippen LogP contribution in [0.25, 0.3) is 0 Å². The summed E-state index contributed by atoms with van der Waals surface area (Å²) in [6, 6.07) is 0.407. The Morgan fingerprint density at radius 2 is 1.26 bits per heavy atom. The standard InChI is InChI=1S/C23H35N7O8/c24-8-2-1-3-15(21(35)30-17(23(37)38)11-19(27)33)28-22(36)16(10-18(26)32)29-20(34)14(25)9-12-4-6-13(31)7-5-12/h4-7,14-17,31H,1-3,8-11,24-25H2,(H2,26,32)(H2,27,33)(H,28,36)(H,29,34)(H,30,35)(H,37,38). The molecule has 0 heterocycles. The fourth-order valence-corrected chi connectivity index (χ4v) is 3.38. The van der Waals surface area contributed by atoms with Crippen LogP contribution >= 0.6 is 0 Å². The van der Waals surface area contributed by atoms with E-state index in [9.17, 15) is 39.0 Å². The van der Waals surface area contributed by atoms with Gasteiger partial charge in [0.25, 0.3) is 0 Å². The summed E-state index contributed by atoms with van der Waals surface area (Å²) >= 11 is 0. The first-order chi connectivity index (χ1) is 17.8. The number of hydrogen-bond donors (Lipinski definition) is 9. The number of carbonyl (C=O) groups excluding carboxylic acids is 5. The number of unbranched alkanes of at least 4 members (excludes halogenated alkanes) is 1. The van der Waals surface area contributed by atoms with E-state index in [0.29, 0.717) is 24.9 Å². The van der Waals surface area contributed by atoms with Crippen LogP contribution < -0.4 is 38.9 Å². The summed E-state index contributed by atoms with van der Waals surface area (Å²) in [6.45, 7) is 0.293. The molecule has 0 saturated heterocycles. The number of rotatable bonds is 17. The van der Waals surface area contributed by atoms with E-state index in [0.717, 1.165) is 0 Å². The number of carboxylic acid groups (broad SMARTS) is 1. The predicted octanol–water partition coefficient (Wildman–Crippen LogP) is -3.32. The summed E-state index contributed by atoms with van der Waals surface area (Å²) in [6.07, 6.45) is -0.347. The van der Waals surface area contributed by atoms with Crippen LogP contribution in [0.4, 0.5) is 0 Å². The van der Waals surface area contributed by atoms with Crippen LogP contribution in [0.2, 0.25) is 0 Å². The Bertz CT molecular complexity index is 1000. The van der Waals surface area contributed by atoms with Crippen LogP contribution in [0.5, 0.6) is 5.75 Å². The Morgan fingerprint density at radius 1 is 0.763 bits per heavy atom. The first kappa shape index (κ1) is 31.8.